The highest BCUT2D eigenvalue weighted by Gasteiger charge is 2.24. The lowest BCUT2D eigenvalue weighted by atomic mass is 9.96. The Balaban J connectivity index is 2.78. The van der Waals surface area contributed by atoms with E-state index in [2.05, 4.69) is 32.6 Å². The number of benzene rings is 1. The number of rotatable bonds is 12. The number of hydrogen-bond donors (Lipinski definition) is 3. The van der Waals surface area contributed by atoms with Gasteiger partial charge in [-0.25, -0.2) is 4.79 Å². The number of carbonyl (C=O) groups is 3. The quantitative estimate of drug-likeness (QED) is 0.215. The maximum atomic E-state index is 12.8. The molecule has 2 amide bonds. The van der Waals surface area contributed by atoms with Crippen molar-refractivity contribution in [3.8, 4) is 0 Å². The predicted molar refractivity (Wildman–Crippen MR) is 114 cm³/mol. The molecule has 0 heterocycles. The van der Waals surface area contributed by atoms with Crippen LogP contribution in [0.2, 0.25) is 0 Å². The fourth-order valence-corrected chi connectivity index (χ4v) is 2.54. The van der Waals surface area contributed by atoms with Crippen LogP contribution in [0.3, 0.4) is 0 Å². The van der Waals surface area contributed by atoms with E-state index in [9.17, 15) is 14.4 Å². The Morgan fingerprint density at radius 2 is 1.72 bits per heavy atom. The third-order valence-corrected chi connectivity index (χ3v) is 4.76. The van der Waals surface area contributed by atoms with Crippen LogP contribution in [-0.4, -0.2) is 44.2 Å². The van der Waals surface area contributed by atoms with Crippen molar-refractivity contribution < 1.29 is 19.1 Å². The van der Waals surface area contributed by atoms with E-state index in [4.69, 9.17) is 0 Å². The molecule has 0 bridgehead atoms. The fourth-order valence-electron chi connectivity index (χ4n) is 2.54. The lowest BCUT2D eigenvalue weighted by Gasteiger charge is -2.22. The number of nitrogens with one attached hydrogen (secondary N) is 3. The van der Waals surface area contributed by atoms with Crippen LogP contribution >= 0.6 is 0 Å². The number of hydrogen-bond acceptors (Lipinski definition) is 6. The summed E-state index contributed by atoms with van der Waals surface area (Å²) in [6, 6.07) is 5.74. The molecule has 8 heteroatoms. The van der Waals surface area contributed by atoms with E-state index < -0.39 is 12.0 Å². The van der Waals surface area contributed by atoms with Crippen LogP contribution in [0, 0.1) is 11.8 Å². The van der Waals surface area contributed by atoms with Crippen molar-refractivity contribution in [3.63, 3.8) is 0 Å². The van der Waals surface area contributed by atoms with E-state index in [1.54, 1.807) is 24.3 Å². The maximum absolute atomic E-state index is 12.8. The van der Waals surface area contributed by atoms with Gasteiger partial charge in [0.1, 0.15) is 6.04 Å². The molecule has 1 rings (SSSR count). The SMILES string of the molecule is C=NNCCCC[C@H](NC(=O)[C@@H](C)C(C)C)C(=O)Nc1ccc(C(=O)OC)cc1. The highest BCUT2D eigenvalue weighted by atomic mass is 16.5. The fraction of sp³-hybridized carbons (Fsp3) is 0.524. The van der Waals surface area contributed by atoms with Crippen molar-refractivity contribution >= 4 is 30.2 Å². The second-order valence-corrected chi connectivity index (χ2v) is 7.21. The van der Waals surface area contributed by atoms with Crippen molar-refractivity contribution in [1.82, 2.24) is 10.7 Å². The van der Waals surface area contributed by atoms with Gasteiger partial charge in [0.2, 0.25) is 11.8 Å². The summed E-state index contributed by atoms with van der Waals surface area (Å²) >= 11 is 0. The van der Waals surface area contributed by atoms with Crippen LogP contribution in [0.1, 0.15) is 50.4 Å². The molecule has 2 atom stereocenters. The number of anilines is 1. The number of hydrazone groups is 1. The first kappa shape index (κ1) is 24.1. The van der Waals surface area contributed by atoms with Gasteiger partial charge in [0.15, 0.2) is 0 Å². The molecule has 0 unspecified atom stereocenters. The first-order valence-electron chi connectivity index (χ1n) is 9.78. The van der Waals surface area contributed by atoms with Gasteiger partial charge in [-0.15, -0.1) is 0 Å². The molecule has 0 aliphatic heterocycles. The third kappa shape index (κ3) is 8.33. The average molecular weight is 405 g/mol. The van der Waals surface area contributed by atoms with Crippen LogP contribution in [-0.2, 0) is 14.3 Å². The Bertz CT molecular complexity index is 688. The minimum absolute atomic E-state index is 0.146. The number of ether oxygens (including phenoxy) is 1. The average Bonchev–Trinajstić information content (AvgIpc) is 2.71. The van der Waals surface area contributed by atoms with Gasteiger partial charge in [-0.2, -0.15) is 5.10 Å². The third-order valence-electron chi connectivity index (χ3n) is 4.76. The van der Waals surface area contributed by atoms with E-state index >= 15 is 0 Å². The summed E-state index contributed by atoms with van der Waals surface area (Å²) in [6.45, 7) is 9.80. The monoisotopic (exact) mass is 404 g/mol. The van der Waals surface area contributed by atoms with Gasteiger partial charge < -0.3 is 20.8 Å². The van der Waals surface area contributed by atoms with Gasteiger partial charge in [0.05, 0.1) is 12.7 Å². The summed E-state index contributed by atoms with van der Waals surface area (Å²) < 4.78 is 4.66. The molecule has 1 aromatic carbocycles. The molecule has 8 nitrogen and oxygen atoms in total. The molecular formula is C21H32N4O4. The van der Waals surface area contributed by atoms with Crippen LogP contribution in [0.5, 0.6) is 0 Å². The summed E-state index contributed by atoms with van der Waals surface area (Å²) in [7, 11) is 1.31. The smallest absolute Gasteiger partial charge is 0.337 e. The summed E-state index contributed by atoms with van der Waals surface area (Å²) in [5.74, 6) is -0.913. The Morgan fingerprint density at radius 3 is 2.28 bits per heavy atom. The number of unbranched alkanes of at least 4 members (excludes halogenated alkanes) is 1. The Labute approximate surface area is 172 Å². The number of carbonyl (C=O) groups excluding carboxylic acids is 3. The first-order valence-corrected chi connectivity index (χ1v) is 9.78. The number of nitrogens with zero attached hydrogens (tertiary/aromatic N) is 1. The molecule has 1 aromatic rings. The van der Waals surface area contributed by atoms with Crippen LogP contribution in [0.4, 0.5) is 5.69 Å². The molecule has 160 valence electrons. The van der Waals surface area contributed by atoms with E-state index in [0.29, 0.717) is 24.2 Å². The van der Waals surface area contributed by atoms with Crippen molar-refractivity contribution in [1.29, 1.82) is 0 Å². The highest BCUT2D eigenvalue weighted by Crippen LogP contribution is 2.14. The molecule has 0 saturated heterocycles. The zero-order valence-electron chi connectivity index (χ0n) is 17.7. The largest absolute Gasteiger partial charge is 0.465 e. The lowest BCUT2D eigenvalue weighted by Crippen LogP contribution is -2.46. The molecule has 0 radical (unpaired) electrons. The summed E-state index contributed by atoms with van der Waals surface area (Å²) in [5, 5.41) is 9.25. The van der Waals surface area contributed by atoms with Gasteiger partial charge in [0.25, 0.3) is 0 Å². The summed E-state index contributed by atoms with van der Waals surface area (Å²) in [4.78, 5) is 36.8. The minimum Gasteiger partial charge on any atom is -0.465 e. The molecule has 0 aliphatic rings. The maximum Gasteiger partial charge on any atom is 0.337 e. The number of methoxy groups -OCH3 is 1. The second kappa shape index (κ2) is 12.5. The van der Waals surface area contributed by atoms with Crippen LogP contribution in [0.25, 0.3) is 0 Å². The molecule has 0 saturated carbocycles. The number of esters is 1. The van der Waals surface area contributed by atoms with Crippen molar-refractivity contribution in [2.75, 3.05) is 19.0 Å². The lowest BCUT2D eigenvalue weighted by molar-refractivity contribution is -0.130. The second-order valence-electron chi connectivity index (χ2n) is 7.21. The molecule has 29 heavy (non-hydrogen) atoms. The first-order chi connectivity index (χ1) is 13.8. The molecule has 3 N–H and O–H groups in total. The summed E-state index contributed by atoms with van der Waals surface area (Å²) in [5.41, 5.74) is 3.70. The van der Waals surface area contributed by atoms with Crippen molar-refractivity contribution in [2.24, 2.45) is 16.9 Å². The Kier molecular flexibility index (Phi) is 10.4. The molecule has 0 aliphatic carbocycles. The van der Waals surface area contributed by atoms with E-state index in [1.807, 2.05) is 20.8 Å². The minimum atomic E-state index is -0.652. The van der Waals surface area contributed by atoms with Crippen LogP contribution in [0.15, 0.2) is 29.4 Å². The van der Waals surface area contributed by atoms with Gasteiger partial charge in [0, 0.05) is 24.9 Å². The van der Waals surface area contributed by atoms with Gasteiger partial charge in [-0.1, -0.05) is 20.8 Å². The van der Waals surface area contributed by atoms with Gasteiger partial charge in [-0.05, 0) is 49.4 Å². The van der Waals surface area contributed by atoms with Crippen LogP contribution < -0.4 is 16.1 Å². The predicted octanol–water partition coefficient (Wildman–Crippen LogP) is 2.56. The van der Waals surface area contributed by atoms with E-state index in [-0.39, 0.29) is 23.7 Å². The van der Waals surface area contributed by atoms with Gasteiger partial charge in [-0.3, -0.25) is 9.59 Å². The van der Waals surface area contributed by atoms with E-state index in [1.165, 1.54) is 7.11 Å². The standard InChI is InChI=1S/C21H32N4O4/c1-14(2)15(3)19(26)25-18(8-6-7-13-23-22-4)20(27)24-17-11-9-16(10-12-17)21(28)29-5/h9-12,14-15,18,23H,4,6-8,13H2,1-3,5H3,(H,24,27)(H,25,26)/t15-,18-/m0/s1. The normalized spacial score (nSPS) is 12.6. The zero-order valence-corrected chi connectivity index (χ0v) is 17.7. The Morgan fingerprint density at radius 1 is 1.07 bits per heavy atom. The molecular weight excluding hydrogens is 372 g/mol. The zero-order chi connectivity index (χ0) is 21.8. The van der Waals surface area contributed by atoms with Crippen molar-refractivity contribution in [3.05, 3.63) is 29.8 Å². The number of amides is 2. The topological polar surface area (TPSA) is 109 Å². The Hall–Kier alpha value is -2.90. The molecule has 0 fully saturated rings. The highest BCUT2D eigenvalue weighted by molar-refractivity contribution is 5.98. The summed E-state index contributed by atoms with van der Waals surface area (Å²) in [6.07, 6.45) is 2.03. The van der Waals surface area contributed by atoms with Gasteiger partial charge >= 0.3 is 5.97 Å². The van der Waals surface area contributed by atoms with Crippen molar-refractivity contribution in [2.45, 2.75) is 46.1 Å². The molecule has 0 aromatic heterocycles. The molecule has 0 spiro atoms. The van der Waals surface area contributed by atoms with E-state index in [0.717, 1.165) is 12.8 Å².